The standard InChI is InChI=1S/C15H17ClFNO2/c16-11-6-4-10(5-7-11)15-14(17)9-18(20-15)12-2-1-3-13(19)8-12/h4-7,12-13,19H,1-3,8-9H2/t12-,13+/m1/s1. The van der Waals surface area contributed by atoms with Gasteiger partial charge in [0.1, 0.15) is 0 Å². The van der Waals surface area contributed by atoms with Gasteiger partial charge in [-0.3, -0.25) is 0 Å². The van der Waals surface area contributed by atoms with E-state index in [0.717, 1.165) is 19.3 Å². The average Bonchev–Trinajstić information content (AvgIpc) is 2.82. The Labute approximate surface area is 122 Å². The van der Waals surface area contributed by atoms with Crippen LogP contribution in [0.1, 0.15) is 31.2 Å². The highest BCUT2D eigenvalue weighted by molar-refractivity contribution is 6.30. The van der Waals surface area contributed by atoms with E-state index in [1.165, 1.54) is 0 Å². The quantitative estimate of drug-likeness (QED) is 0.906. The SMILES string of the molecule is O[C@H]1CCC[C@@H](N2CC(F)=C(c3ccc(Cl)cc3)O2)C1. The number of benzene rings is 1. The minimum atomic E-state index is -0.306. The van der Waals surface area contributed by atoms with Gasteiger partial charge in [-0.1, -0.05) is 11.6 Å². The van der Waals surface area contributed by atoms with Crippen LogP contribution in [0.25, 0.3) is 5.76 Å². The Morgan fingerprint density at radius 1 is 1.25 bits per heavy atom. The summed E-state index contributed by atoms with van der Waals surface area (Å²) in [5.41, 5.74) is 0.686. The third-order valence-electron chi connectivity index (χ3n) is 3.88. The highest BCUT2D eigenvalue weighted by atomic mass is 35.5. The summed E-state index contributed by atoms with van der Waals surface area (Å²) in [4.78, 5) is 5.67. The van der Waals surface area contributed by atoms with Crippen molar-refractivity contribution in [2.45, 2.75) is 37.8 Å². The number of rotatable bonds is 2. The zero-order valence-corrected chi connectivity index (χ0v) is 11.8. The van der Waals surface area contributed by atoms with E-state index in [-0.39, 0.29) is 30.3 Å². The summed E-state index contributed by atoms with van der Waals surface area (Å²) in [6.07, 6.45) is 3.04. The molecule has 1 aliphatic heterocycles. The van der Waals surface area contributed by atoms with Gasteiger partial charge in [0.25, 0.3) is 0 Å². The number of hydroxylamine groups is 2. The smallest absolute Gasteiger partial charge is 0.187 e. The Kier molecular flexibility index (Phi) is 3.96. The number of hydrogen-bond donors (Lipinski definition) is 1. The number of nitrogens with zero attached hydrogens (tertiary/aromatic N) is 1. The van der Waals surface area contributed by atoms with Gasteiger partial charge in [-0.15, -0.1) is 5.06 Å². The predicted octanol–water partition coefficient (Wildman–Crippen LogP) is 3.53. The third-order valence-corrected chi connectivity index (χ3v) is 4.13. The Balaban J connectivity index is 1.72. The molecule has 2 aliphatic rings. The van der Waals surface area contributed by atoms with Crippen LogP contribution < -0.4 is 0 Å². The van der Waals surface area contributed by atoms with E-state index in [0.29, 0.717) is 17.0 Å². The van der Waals surface area contributed by atoms with Crippen molar-refractivity contribution in [3.8, 4) is 0 Å². The Bertz CT molecular complexity index is 517. The first-order valence-electron chi connectivity index (χ1n) is 6.91. The second kappa shape index (κ2) is 5.72. The van der Waals surface area contributed by atoms with Crippen molar-refractivity contribution >= 4 is 17.4 Å². The van der Waals surface area contributed by atoms with Gasteiger partial charge in [0.05, 0.1) is 12.6 Å². The van der Waals surface area contributed by atoms with Crippen molar-refractivity contribution in [3.63, 3.8) is 0 Å². The van der Waals surface area contributed by atoms with E-state index in [1.54, 1.807) is 29.3 Å². The Morgan fingerprint density at radius 3 is 2.70 bits per heavy atom. The van der Waals surface area contributed by atoms with E-state index < -0.39 is 0 Å². The van der Waals surface area contributed by atoms with Crippen molar-refractivity contribution in [1.82, 2.24) is 5.06 Å². The van der Waals surface area contributed by atoms with E-state index in [4.69, 9.17) is 16.4 Å². The normalized spacial score (nSPS) is 27.8. The number of halogens is 2. The predicted molar refractivity (Wildman–Crippen MR) is 75.5 cm³/mol. The molecule has 1 N–H and O–H groups in total. The fourth-order valence-electron chi connectivity index (χ4n) is 2.82. The molecule has 0 bridgehead atoms. The van der Waals surface area contributed by atoms with Gasteiger partial charge in [-0.2, -0.15) is 0 Å². The van der Waals surface area contributed by atoms with Crippen LogP contribution in [0, 0.1) is 0 Å². The van der Waals surface area contributed by atoms with Crippen LogP contribution in [-0.2, 0) is 4.84 Å². The highest BCUT2D eigenvalue weighted by Gasteiger charge is 2.34. The van der Waals surface area contributed by atoms with Gasteiger partial charge in [-0.25, -0.2) is 4.39 Å². The Hall–Kier alpha value is -1.10. The second-order valence-electron chi connectivity index (χ2n) is 5.38. The molecule has 1 aromatic carbocycles. The summed E-state index contributed by atoms with van der Waals surface area (Å²) in [5, 5.41) is 12.0. The molecule has 0 aromatic heterocycles. The first-order chi connectivity index (χ1) is 9.63. The minimum absolute atomic E-state index is 0.0781. The number of aliphatic hydroxyl groups is 1. The third kappa shape index (κ3) is 2.82. The first kappa shape index (κ1) is 13.9. The van der Waals surface area contributed by atoms with Crippen LogP contribution in [0.5, 0.6) is 0 Å². The average molecular weight is 298 g/mol. The van der Waals surface area contributed by atoms with Crippen LogP contribution in [0.2, 0.25) is 5.02 Å². The molecular formula is C15H17ClFNO2. The molecule has 0 radical (unpaired) electrons. The van der Waals surface area contributed by atoms with Gasteiger partial charge in [0, 0.05) is 16.6 Å². The zero-order chi connectivity index (χ0) is 14.1. The van der Waals surface area contributed by atoms with Crippen molar-refractivity contribution in [1.29, 1.82) is 0 Å². The van der Waals surface area contributed by atoms with Gasteiger partial charge in [0.2, 0.25) is 0 Å². The molecule has 108 valence electrons. The summed E-state index contributed by atoms with van der Waals surface area (Å²) >= 11 is 5.83. The van der Waals surface area contributed by atoms with Gasteiger partial charge in [0.15, 0.2) is 11.6 Å². The maximum Gasteiger partial charge on any atom is 0.187 e. The van der Waals surface area contributed by atoms with Gasteiger partial charge in [-0.05, 0) is 49.9 Å². The fourth-order valence-corrected chi connectivity index (χ4v) is 2.95. The second-order valence-corrected chi connectivity index (χ2v) is 5.82. The van der Waals surface area contributed by atoms with E-state index in [1.807, 2.05) is 0 Å². The molecule has 1 saturated carbocycles. The van der Waals surface area contributed by atoms with E-state index in [2.05, 4.69) is 0 Å². The van der Waals surface area contributed by atoms with Crippen molar-refractivity contribution in [2.75, 3.05) is 6.54 Å². The maximum atomic E-state index is 14.1. The summed E-state index contributed by atoms with van der Waals surface area (Å²) in [5.74, 6) is -0.00545. The molecule has 1 aromatic rings. The lowest BCUT2D eigenvalue weighted by atomic mass is 9.93. The van der Waals surface area contributed by atoms with E-state index in [9.17, 15) is 9.50 Å². The minimum Gasteiger partial charge on any atom is -0.402 e. The first-order valence-corrected chi connectivity index (χ1v) is 7.28. The van der Waals surface area contributed by atoms with E-state index >= 15 is 0 Å². The summed E-state index contributed by atoms with van der Waals surface area (Å²) < 4.78 is 14.1. The lowest BCUT2D eigenvalue weighted by molar-refractivity contribution is -0.119. The molecule has 1 fully saturated rings. The van der Waals surface area contributed by atoms with Crippen LogP contribution >= 0.6 is 11.6 Å². The highest BCUT2D eigenvalue weighted by Crippen LogP contribution is 2.34. The molecule has 1 heterocycles. The van der Waals surface area contributed by atoms with Crippen molar-refractivity contribution < 1.29 is 14.3 Å². The molecule has 20 heavy (non-hydrogen) atoms. The molecule has 0 spiro atoms. The molecule has 1 aliphatic carbocycles. The lowest BCUT2D eigenvalue weighted by Gasteiger charge is -2.32. The Morgan fingerprint density at radius 2 is 2.00 bits per heavy atom. The summed E-state index contributed by atoms with van der Waals surface area (Å²) in [6.45, 7) is 0.148. The molecule has 2 atom stereocenters. The van der Waals surface area contributed by atoms with Crippen molar-refractivity contribution in [3.05, 3.63) is 40.7 Å². The van der Waals surface area contributed by atoms with Crippen LogP contribution in [0.3, 0.4) is 0 Å². The molecule has 0 amide bonds. The summed E-state index contributed by atoms with van der Waals surface area (Å²) in [6, 6.07) is 7.00. The maximum absolute atomic E-state index is 14.1. The van der Waals surface area contributed by atoms with Crippen LogP contribution in [0.4, 0.5) is 4.39 Å². The molecule has 3 rings (SSSR count). The van der Waals surface area contributed by atoms with Crippen LogP contribution in [-0.4, -0.2) is 28.9 Å². The zero-order valence-electron chi connectivity index (χ0n) is 11.1. The largest absolute Gasteiger partial charge is 0.402 e. The topological polar surface area (TPSA) is 32.7 Å². The van der Waals surface area contributed by atoms with Gasteiger partial charge < -0.3 is 9.94 Å². The van der Waals surface area contributed by atoms with Crippen LogP contribution in [0.15, 0.2) is 30.1 Å². The number of aliphatic hydroxyl groups excluding tert-OH is 1. The molecule has 0 unspecified atom stereocenters. The van der Waals surface area contributed by atoms with Crippen molar-refractivity contribution in [2.24, 2.45) is 0 Å². The molecule has 5 heteroatoms. The monoisotopic (exact) mass is 297 g/mol. The summed E-state index contributed by atoms with van der Waals surface area (Å²) in [7, 11) is 0. The lowest BCUT2D eigenvalue weighted by Crippen LogP contribution is -2.38. The van der Waals surface area contributed by atoms with Gasteiger partial charge >= 0.3 is 0 Å². The molecule has 3 nitrogen and oxygen atoms in total. The number of hydrogen-bond acceptors (Lipinski definition) is 3. The molecule has 0 saturated heterocycles. The molecular weight excluding hydrogens is 281 g/mol. The fraction of sp³-hybridized carbons (Fsp3) is 0.467.